The van der Waals surface area contributed by atoms with E-state index in [9.17, 15) is 0 Å². The molecule has 3 rings (SSSR count). The Morgan fingerprint density at radius 3 is 1.67 bits per heavy atom. The second kappa shape index (κ2) is 8.21. The second-order valence-corrected chi connectivity index (χ2v) is 5.75. The maximum atomic E-state index is 5.77. The maximum Gasteiger partial charge on any atom is 0.119 e. The summed E-state index contributed by atoms with van der Waals surface area (Å²) in [5, 5.41) is 0. The van der Waals surface area contributed by atoms with Gasteiger partial charge in [0.05, 0.1) is 13.2 Å². The minimum Gasteiger partial charge on any atom is -0.493 e. The Morgan fingerprint density at radius 2 is 1.08 bits per heavy atom. The van der Waals surface area contributed by atoms with Gasteiger partial charge in [-0.2, -0.15) is 0 Å². The van der Waals surface area contributed by atoms with Crippen molar-refractivity contribution in [1.29, 1.82) is 0 Å². The summed E-state index contributed by atoms with van der Waals surface area (Å²) in [4.78, 5) is 0. The average molecular weight is 318 g/mol. The molecule has 0 aliphatic carbocycles. The highest BCUT2D eigenvalue weighted by Gasteiger charge is 1.99. The molecule has 0 fully saturated rings. The predicted molar refractivity (Wildman–Crippen MR) is 98.7 cm³/mol. The molecule has 3 aromatic carbocycles. The van der Waals surface area contributed by atoms with Crippen LogP contribution in [0.1, 0.15) is 12.0 Å². The highest BCUT2D eigenvalue weighted by atomic mass is 16.5. The van der Waals surface area contributed by atoms with Crippen LogP contribution in [0, 0.1) is 6.92 Å². The lowest BCUT2D eigenvalue weighted by Gasteiger charge is -2.09. The van der Waals surface area contributed by atoms with Crippen molar-refractivity contribution in [2.45, 2.75) is 13.3 Å². The first-order chi connectivity index (χ1) is 11.8. The summed E-state index contributed by atoms with van der Waals surface area (Å²) in [5.74, 6) is 1.80. The first-order valence-electron chi connectivity index (χ1n) is 8.29. The molecule has 0 aliphatic heterocycles. The zero-order chi connectivity index (χ0) is 16.6. The summed E-state index contributed by atoms with van der Waals surface area (Å²) in [7, 11) is 0. The van der Waals surface area contributed by atoms with Crippen LogP contribution in [0.4, 0.5) is 0 Å². The van der Waals surface area contributed by atoms with E-state index in [1.807, 2.05) is 42.5 Å². The third-order valence-corrected chi connectivity index (χ3v) is 3.81. The van der Waals surface area contributed by atoms with Gasteiger partial charge in [-0.05, 0) is 42.3 Å². The quantitative estimate of drug-likeness (QED) is 0.535. The Labute approximate surface area is 143 Å². The van der Waals surface area contributed by atoms with Crippen molar-refractivity contribution in [2.75, 3.05) is 13.2 Å². The SMILES string of the molecule is Cc1ccc(OCCCOc2ccc(-c3ccccc3)cc2)cc1. The molecule has 0 aliphatic rings. The normalized spacial score (nSPS) is 10.4. The molecule has 0 unspecified atom stereocenters. The van der Waals surface area contributed by atoms with Crippen molar-refractivity contribution in [3.63, 3.8) is 0 Å². The molecule has 122 valence electrons. The smallest absolute Gasteiger partial charge is 0.119 e. The van der Waals surface area contributed by atoms with Gasteiger partial charge in [-0.1, -0.05) is 60.2 Å². The zero-order valence-corrected chi connectivity index (χ0v) is 13.9. The van der Waals surface area contributed by atoms with Crippen LogP contribution in [0.25, 0.3) is 11.1 Å². The van der Waals surface area contributed by atoms with Crippen molar-refractivity contribution >= 4 is 0 Å². The van der Waals surface area contributed by atoms with E-state index in [2.05, 4.69) is 43.3 Å². The molecule has 0 heterocycles. The van der Waals surface area contributed by atoms with Gasteiger partial charge in [0.25, 0.3) is 0 Å². The molecule has 0 N–H and O–H groups in total. The third-order valence-electron chi connectivity index (χ3n) is 3.81. The van der Waals surface area contributed by atoms with Crippen LogP contribution >= 0.6 is 0 Å². The second-order valence-electron chi connectivity index (χ2n) is 5.75. The van der Waals surface area contributed by atoms with Crippen LogP contribution < -0.4 is 9.47 Å². The topological polar surface area (TPSA) is 18.5 Å². The zero-order valence-electron chi connectivity index (χ0n) is 13.9. The molecule has 0 bridgehead atoms. The predicted octanol–water partition coefficient (Wildman–Crippen LogP) is 5.51. The highest BCUT2D eigenvalue weighted by molar-refractivity contribution is 5.63. The van der Waals surface area contributed by atoms with Crippen LogP contribution in [-0.2, 0) is 0 Å². The van der Waals surface area contributed by atoms with Crippen LogP contribution in [0.3, 0.4) is 0 Å². The van der Waals surface area contributed by atoms with Crippen molar-refractivity contribution in [1.82, 2.24) is 0 Å². The number of aryl methyl sites for hydroxylation is 1. The van der Waals surface area contributed by atoms with E-state index in [1.54, 1.807) is 0 Å². The number of hydrogen-bond acceptors (Lipinski definition) is 2. The number of hydrogen-bond donors (Lipinski definition) is 0. The number of rotatable bonds is 7. The van der Waals surface area contributed by atoms with Crippen molar-refractivity contribution in [3.05, 3.63) is 84.4 Å². The number of benzene rings is 3. The monoisotopic (exact) mass is 318 g/mol. The van der Waals surface area contributed by atoms with Gasteiger partial charge in [0, 0.05) is 6.42 Å². The molecule has 0 spiro atoms. The van der Waals surface area contributed by atoms with Gasteiger partial charge in [0.2, 0.25) is 0 Å². The molecule has 0 radical (unpaired) electrons. The van der Waals surface area contributed by atoms with Crippen LogP contribution in [-0.4, -0.2) is 13.2 Å². The molecule has 3 aromatic rings. The van der Waals surface area contributed by atoms with E-state index in [0.717, 1.165) is 17.9 Å². The molecule has 0 atom stereocenters. The van der Waals surface area contributed by atoms with Gasteiger partial charge in [-0.3, -0.25) is 0 Å². The molecule has 2 heteroatoms. The van der Waals surface area contributed by atoms with E-state index in [1.165, 1.54) is 16.7 Å². The van der Waals surface area contributed by atoms with E-state index < -0.39 is 0 Å². The summed E-state index contributed by atoms with van der Waals surface area (Å²) in [6, 6.07) is 26.7. The Kier molecular flexibility index (Phi) is 5.52. The Bertz CT molecular complexity index is 731. The fourth-order valence-corrected chi connectivity index (χ4v) is 2.45. The first-order valence-corrected chi connectivity index (χ1v) is 8.29. The molecule has 0 saturated carbocycles. The Morgan fingerprint density at radius 1 is 0.583 bits per heavy atom. The Hall–Kier alpha value is -2.74. The van der Waals surface area contributed by atoms with Gasteiger partial charge < -0.3 is 9.47 Å². The lowest BCUT2D eigenvalue weighted by Crippen LogP contribution is -2.04. The summed E-state index contributed by atoms with van der Waals surface area (Å²) >= 11 is 0. The fourth-order valence-electron chi connectivity index (χ4n) is 2.45. The third kappa shape index (κ3) is 4.63. The minimum absolute atomic E-state index is 0.649. The molecular formula is C22H22O2. The van der Waals surface area contributed by atoms with Gasteiger partial charge in [0.15, 0.2) is 0 Å². The molecule has 0 aromatic heterocycles. The molecular weight excluding hydrogens is 296 g/mol. The first kappa shape index (κ1) is 16.1. The maximum absolute atomic E-state index is 5.77. The number of ether oxygens (including phenoxy) is 2. The van der Waals surface area contributed by atoms with Gasteiger partial charge in [-0.15, -0.1) is 0 Å². The molecule has 2 nitrogen and oxygen atoms in total. The van der Waals surface area contributed by atoms with E-state index in [0.29, 0.717) is 13.2 Å². The fraction of sp³-hybridized carbons (Fsp3) is 0.182. The van der Waals surface area contributed by atoms with Crippen LogP contribution in [0.2, 0.25) is 0 Å². The lowest BCUT2D eigenvalue weighted by molar-refractivity contribution is 0.247. The van der Waals surface area contributed by atoms with E-state index in [-0.39, 0.29) is 0 Å². The standard InChI is InChI=1S/C22H22O2/c1-18-8-12-21(13-9-18)23-16-5-17-24-22-14-10-20(11-15-22)19-6-3-2-4-7-19/h2-4,6-15H,5,16-17H2,1H3. The summed E-state index contributed by atoms with van der Waals surface area (Å²) in [6.07, 6.45) is 0.855. The van der Waals surface area contributed by atoms with Crippen molar-refractivity contribution < 1.29 is 9.47 Å². The summed E-state index contributed by atoms with van der Waals surface area (Å²) in [5.41, 5.74) is 3.66. The molecule has 0 amide bonds. The van der Waals surface area contributed by atoms with Gasteiger partial charge in [-0.25, -0.2) is 0 Å². The average Bonchev–Trinajstić information content (AvgIpc) is 2.64. The highest BCUT2D eigenvalue weighted by Crippen LogP contribution is 2.22. The van der Waals surface area contributed by atoms with Crippen LogP contribution in [0.15, 0.2) is 78.9 Å². The lowest BCUT2D eigenvalue weighted by atomic mass is 10.1. The summed E-state index contributed by atoms with van der Waals surface area (Å²) < 4.78 is 11.5. The van der Waals surface area contributed by atoms with E-state index >= 15 is 0 Å². The Balaban J connectivity index is 1.41. The molecule has 24 heavy (non-hydrogen) atoms. The van der Waals surface area contributed by atoms with Gasteiger partial charge >= 0.3 is 0 Å². The van der Waals surface area contributed by atoms with E-state index in [4.69, 9.17) is 9.47 Å². The van der Waals surface area contributed by atoms with Crippen molar-refractivity contribution in [2.24, 2.45) is 0 Å². The van der Waals surface area contributed by atoms with Crippen LogP contribution in [0.5, 0.6) is 11.5 Å². The molecule has 0 saturated heterocycles. The summed E-state index contributed by atoms with van der Waals surface area (Å²) in [6.45, 7) is 3.38. The largest absolute Gasteiger partial charge is 0.493 e. The van der Waals surface area contributed by atoms with Gasteiger partial charge in [0.1, 0.15) is 11.5 Å². The van der Waals surface area contributed by atoms with Crippen molar-refractivity contribution in [3.8, 4) is 22.6 Å². The minimum atomic E-state index is 0.649.